The number of hydrogen-bond acceptors (Lipinski definition) is 2. The first-order chi connectivity index (χ1) is 6.27. The summed E-state index contributed by atoms with van der Waals surface area (Å²) in [6.07, 6.45) is 5.29. The molecular formula is C10H18N2O. The molecule has 0 saturated heterocycles. The molecule has 0 bridgehead atoms. The van der Waals surface area contributed by atoms with Crippen molar-refractivity contribution in [1.29, 1.82) is 0 Å². The van der Waals surface area contributed by atoms with Gasteiger partial charge in [-0.15, -0.1) is 0 Å². The Hall–Kier alpha value is -0.990. The maximum atomic E-state index is 9.42. The summed E-state index contributed by atoms with van der Waals surface area (Å²) in [5, 5.41) is 9.42. The quantitative estimate of drug-likeness (QED) is 0.687. The Bertz CT molecular complexity index is 255. The zero-order chi connectivity index (χ0) is 9.68. The minimum absolute atomic E-state index is 0.188. The standard InChI is InChI=1S/C10H18N2O/c1-3-5-6-7-8-10(13)12-9(4-2)11-8/h13H,3-7H2,1-2H3,(H,11,12). The van der Waals surface area contributed by atoms with Crippen LogP contribution in [0.2, 0.25) is 0 Å². The third-order valence-electron chi connectivity index (χ3n) is 2.17. The van der Waals surface area contributed by atoms with Crippen LogP contribution in [-0.4, -0.2) is 15.1 Å². The van der Waals surface area contributed by atoms with Crippen LogP contribution in [0.4, 0.5) is 0 Å². The van der Waals surface area contributed by atoms with Crippen molar-refractivity contribution in [3.05, 3.63) is 11.5 Å². The average Bonchev–Trinajstić information content (AvgIpc) is 2.48. The van der Waals surface area contributed by atoms with Gasteiger partial charge in [0.15, 0.2) is 0 Å². The van der Waals surface area contributed by atoms with E-state index < -0.39 is 0 Å². The van der Waals surface area contributed by atoms with Crippen molar-refractivity contribution >= 4 is 0 Å². The highest BCUT2D eigenvalue weighted by Gasteiger charge is 2.06. The zero-order valence-electron chi connectivity index (χ0n) is 8.43. The number of hydrogen-bond donors (Lipinski definition) is 2. The Morgan fingerprint density at radius 3 is 2.62 bits per heavy atom. The van der Waals surface area contributed by atoms with Crippen LogP contribution >= 0.6 is 0 Å². The van der Waals surface area contributed by atoms with Crippen LogP contribution in [0, 0.1) is 0 Å². The van der Waals surface area contributed by atoms with Gasteiger partial charge in [0, 0.05) is 6.42 Å². The summed E-state index contributed by atoms with van der Waals surface area (Å²) in [7, 11) is 0. The summed E-state index contributed by atoms with van der Waals surface area (Å²) in [5.74, 6) is 1.07. The van der Waals surface area contributed by atoms with E-state index in [2.05, 4.69) is 16.9 Å². The summed E-state index contributed by atoms with van der Waals surface area (Å²) < 4.78 is 0. The van der Waals surface area contributed by atoms with Gasteiger partial charge < -0.3 is 10.1 Å². The molecule has 0 aromatic carbocycles. The Morgan fingerprint density at radius 2 is 2.08 bits per heavy atom. The molecule has 0 unspecified atom stereocenters. The highest BCUT2D eigenvalue weighted by molar-refractivity contribution is 5.19. The summed E-state index contributed by atoms with van der Waals surface area (Å²) in [5.41, 5.74) is 0.894. The number of rotatable bonds is 5. The lowest BCUT2D eigenvalue weighted by atomic mass is 10.2. The molecule has 0 aliphatic carbocycles. The van der Waals surface area contributed by atoms with Gasteiger partial charge in [-0.05, 0) is 12.8 Å². The molecule has 0 aliphatic heterocycles. The van der Waals surface area contributed by atoms with Gasteiger partial charge in [0.25, 0.3) is 0 Å². The van der Waals surface area contributed by atoms with Crippen molar-refractivity contribution in [3.8, 4) is 5.88 Å². The van der Waals surface area contributed by atoms with Crippen molar-refractivity contribution in [1.82, 2.24) is 9.97 Å². The molecule has 0 spiro atoms. The van der Waals surface area contributed by atoms with Gasteiger partial charge in [-0.2, -0.15) is 4.98 Å². The number of unbranched alkanes of at least 4 members (excludes halogenated alkanes) is 2. The predicted molar refractivity (Wildman–Crippen MR) is 52.9 cm³/mol. The number of nitrogens with zero attached hydrogens (tertiary/aromatic N) is 1. The number of nitrogens with one attached hydrogen (secondary N) is 1. The van der Waals surface area contributed by atoms with Crippen LogP contribution in [0.25, 0.3) is 0 Å². The fourth-order valence-corrected chi connectivity index (χ4v) is 1.35. The molecule has 13 heavy (non-hydrogen) atoms. The van der Waals surface area contributed by atoms with E-state index in [0.29, 0.717) is 0 Å². The Morgan fingerprint density at radius 1 is 1.31 bits per heavy atom. The van der Waals surface area contributed by atoms with Crippen molar-refractivity contribution in [2.45, 2.75) is 46.0 Å². The van der Waals surface area contributed by atoms with E-state index in [9.17, 15) is 5.11 Å². The molecule has 0 atom stereocenters. The largest absolute Gasteiger partial charge is 0.492 e. The summed E-state index contributed by atoms with van der Waals surface area (Å²) >= 11 is 0. The second kappa shape index (κ2) is 4.90. The topological polar surface area (TPSA) is 48.9 Å². The van der Waals surface area contributed by atoms with E-state index in [1.165, 1.54) is 12.8 Å². The number of H-pyrrole nitrogens is 1. The van der Waals surface area contributed by atoms with E-state index in [4.69, 9.17) is 0 Å². The van der Waals surface area contributed by atoms with E-state index in [-0.39, 0.29) is 5.88 Å². The van der Waals surface area contributed by atoms with Gasteiger partial charge in [0.2, 0.25) is 5.88 Å². The Kier molecular flexibility index (Phi) is 3.80. The van der Waals surface area contributed by atoms with Crippen molar-refractivity contribution < 1.29 is 5.11 Å². The number of aromatic amines is 1. The monoisotopic (exact) mass is 182 g/mol. The molecule has 0 saturated carbocycles. The van der Waals surface area contributed by atoms with Gasteiger partial charge in [0.1, 0.15) is 5.82 Å². The van der Waals surface area contributed by atoms with Crippen LogP contribution in [0.1, 0.15) is 44.6 Å². The molecule has 1 heterocycles. The van der Waals surface area contributed by atoms with Crippen LogP contribution in [0.15, 0.2) is 0 Å². The van der Waals surface area contributed by atoms with Gasteiger partial charge in [-0.1, -0.05) is 26.7 Å². The van der Waals surface area contributed by atoms with Gasteiger partial charge in [-0.3, -0.25) is 0 Å². The molecule has 0 radical (unpaired) electrons. The molecule has 1 rings (SSSR count). The van der Waals surface area contributed by atoms with Crippen LogP contribution in [0.5, 0.6) is 5.88 Å². The highest BCUT2D eigenvalue weighted by atomic mass is 16.3. The summed E-state index contributed by atoms with van der Waals surface area (Å²) in [6.45, 7) is 4.19. The van der Waals surface area contributed by atoms with Crippen LogP contribution in [0.3, 0.4) is 0 Å². The SMILES string of the molecule is CCCCCc1[nH]c(CC)nc1O. The number of aromatic nitrogens is 2. The average molecular weight is 182 g/mol. The van der Waals surface area contributed by atoms with Gasteiger partial charge >= 0.3 is 0 Å². The number of aryl methyl sites for hydroxylation is 2. The van der Waals surface area contributed by atoms with Crippen molar-refractivity contribution in [2.24, 2.45) is 0 Å². The number of imidazole rings is 1. The molecule has 0 amide bonds. The normalized spacial score (nSPS) is 10.6. The van der Waals surface area contributed by atoms with Gasteiger partial charge in [-0.25, -0.2) is 0 Å². The molecule has 1 aromatic heterocycles. The minimum atomic E-state index is 0.188. The third kappa shape index (κ3) is 2.76. The first kappa shape index (κ1) is 10.1. The van der Waals surface area contributed by atoms with E-state index in [1.807, 2.05) is 6.92 Å². The lowest BCUT2D eigenvalue weighted by molar-refractivity contribution is 0.447. The minimum Gasteiger partial charge on any atom is -0.492 e. The highest BCUT2D eigenvalue weighted by Crippen LogP contribution is 2.16. The first-order valence-electron chi connectivity index (χ1n) is 5.04. The third-order valence-corrected chi connectivity index (χ3v) is 2.17. The van der Waals surface area contributed by atoms with Crippen LogP contribution < -0.4 is 0 Å². The fraction of sp³-hybridized carbons (Fsp3) is 0.700. The predicted octanol–water partition coefficient (Wildman–Crippen LogP) is 2.41. The molecule has 0 fully saturated rings. The zero-order valence-corrected chi connectivity index (χ0v) is 8.43. The fourth-order valence-electron chi connectivity index (χ4n) is 1.35. The van der Waals surface area contributed by atoms with Crippen molar-refractivity contribution in [2.75, 3.05) is 0 Å². The van der Waals surface area contributed by atoms with E-state index in [1.54, 1.807) is 0 Å². The Labute approximate surface area is 79.2 Å². The van der Waals surface area contributed by atoms with Crippen molar-refractivity contribution in [3.63, 3.8) is 0 Å². The maximum absolute atomic E-state index is 9.42. The molecule has 1 aromatic rings. The van der Waals surface area contributed by atoms with E-state index in [0.717, 1.165) is 30.8 Å². The summed E-state index contributed by atoms with van der Waals surface area (Å²) in [4.78, 5) is 7.14. The molecule has 0 aliphatic rings. The second-order valence-corrected chi connectivity index (χ2v) is 3.30. The molecular weight excluding hydrogens is 164 g/mol. The molecule has 2 N–H and O–H groups in total. The smallest absolute Gasteiger partial charge is 0.232 e. The molecule has 74 valence electrons. The van der Waals surface area contributed by atoms with Crippen LogP contribution in [-0.2, 0) is 12.8 Å². The Balaban J connectivity index is 2.50. The maximum Gasteiger partial charge on any atom is 0.232 e. The lowest BCUT2D eigenvalue weighted by Crippen LogP contribution is -1.87. The summed E-state index contributed by atoms with van der Waals surface area (Å²) in [6, 6.07) is 0. The van der Waals surface area contributed by atoms with Gasteiger partial charge in [0.05, 0.1) is 5.69 Å². The lowest BCUT2D eigenvalue weighted by Gasteiger charge is -1.96. The molecule has 3 heteroatoms. The first-order valence-corrected chi connectivity index (χ1v) is 5.04. The molecule has 3 nitrogen and oxygen atoms in total. The number of aromatic hydroxyl groups is 1. The second-order valence-electron chi connectivity index (χ2n) is 3.30. The van der Waals surface area contributed by atoms with E-state index >= 15 is 0 Å².